The molecule has 0 unspecified atom stereocenters. The summed E-state index contributed by atoms with van der Waals surface area (Å²) >= 11 is 0. The summed E-state index contributed by atoms with van der Waals surface area (Å²) in [6, 6.07) is -0.874. The Morgan fingerprint density at radius 2 is 0.833 bits per heavy atom. The zero-order chi connectivity index (χ0) is 35.7. The van der Waals surface area contributed by atoms with Crippen molar-refractivity contribution in [2.75, 3.05) is 0 Å². The van der Waals surface area contributed by atoms with Crippen LogP contribution in [-0.4, -0.2) is 63.3 Å². The normalized spacial score (nSPS) is 13.8. The van der Waals surface area contributed by atoms with Gasteiger partial charge in [0.2, 0.25) is 0 Å². The average Bonchev–Trinajstić information content (AvgIpc) is 3.62. The molecule has 4 N–H and O–H groups in total. The van der Waals surface area contributed by atoms with Gasteiger partial charge in [-0.1, -0.05) is 41.5 Å². The second kappa shape index (κ2) is 13.3. The van der Waals surface area contributed by atoms with E-state index >= 15 is 0 Å². The molecule has 4 aromatic rings. The predicted molar refractivity (Wildman–Crippen MR) is 181 cm³/mol. The van der Waals surface area contributed by atoms with Crippen molar-refractivity contribution in [3.05, 3.63) is 48.8 Å². The number of hydrogen-bond donors (Lipinski definition) is 4. The summed E-state index contributed by atoms with van der Waals surface area (Å²) in [6.45, 7) is 23.0. The third kappa shape index (κ3) is 9.58. The highest BCUT2D eigenvalue weighted by Crippen LogP contribution is 2.34. The van der Waals surface area contributed by atoms with Crippen molar-refractivity contribution in [1.29, 1.82) is 0 Å². The van der Waals surface area contributed by atoms with Crippen LogP contribution in [0.2, 0.25) is 0 Å². The Bertz CT molecular complexity index is 1570. The standard InChI is InChI=1S/C34H48N10O4/c1-31(2,3)25(43-29(45)47-33(7,8)9)27-39-17-23(41-27)21-15-35-19(13-37-21)20-14-38-22(16-36-20)24-18-40-28(42-24)26(32(4,5)6)44-30(46)48-34(10,11)12/h13-18,25-26H,1-12H3,(H,39,41)(H,40,42)(H,43,45)(H,44,46)/t25-,26-/m1/s1. The van der Waals surface area contributed by atoms with E-state index in [0.717, 1.165) is 0 Å². The molecule has 0 aliphatic carbocycles. The molecule has 4 aromatic heterocycles. The summed E-state index contributed by atoms with van der Waals surface area (Å²) in [6.07, 6.45) is 8.86. The Kier molecular flexibility index (Phi) is 9.98. The molecular weight excluding hydrogens is 612 g/mol. The minimum Gasteiger partial charge on any atom is -0.444 e. The average molecular weight is 661 g/mol. The number of nitrogens with one attached hydrogen (secondary N) is 4. The van der Waals surface area contributed by atoms with Gasteiger partial charge in [0.15, 0.2) is 0 Å². The quantitative estimate of drug-likeness (QED) is 0.162. The summed E-state index contributed by atoms with van der Waals surface area (Å²) in [5.74, 6) is 1.15. The molecule has 4 rings (SSSR count). The fourth-order valence-electron chi connectivity index (χ4n) is 4.66. The molecule has 0 saturated heterocycles. The highest BCUT2D eigenvalue weighted by atomic mass is 16.6. The summed E-state index contributed by atoms with van der Waals surface area (Å²) < 4.78 is 10.9. The van der Waals surface area contributed by atoms with Gasteiger partial charge in [0.1, 0.15) is 57.0 Å². The van der Waals surface area contributed by atoms with Crippen molar-refractivity contribution in [2.45, 2.75) is 106 Å². The number of rotatable bonds is 7. The smallest absolute Gasteiger partial charge is 0.408 e. The third-order valence-electron chi connectivity index (χ3n) is 6.89. The Balaban J connectivity index is 1.47. The molecule has 0 spiro atoms. The molecule has 14 heteroatoms. The minimum atomic E-state index is -0.622. The van der Waals surface area contributed by atoms with Crippen LogP contribution in [0.25, 0.3) is 34.2 Å². The van der Waals surface area contributed by atoms with Gasteiger partial charge in [0.05, 0.1) is 36.9 Å². The first-order chi connectivity index (χ1) is 22.1. The number of amides is 2. The van der Waals surface area contributed by atoms with Crippen LogP contribution in [-0.2, 0) is 9.47 Å². The topological polar surface area (TPSA) is 186 Å². The second-order valence-electron chi connectivity index (χ2n) is 15.8. The zero-order valence-corrected chi connectivity index (χ0v) is 29.9. The second-order valence-corrected chi connectivity index (χ2v) is 15.8. The summed E-state index contributed by atoms with van der Waals surface area (Å²) in [5.41, 5.74) is 1.37. The molecule has 0 radical (unpaired) electrons. The molecule has 0 bridgehead atoms. The maximum atomic E-state index is 12.5. The predicted octanol–water partition coefficient (Wildman–Crippen LogP) is 6.94. The summed E-state index contributed by atoms with van der Waals surface area (Å²) in [4.78, 5) is 59.1. The van der Waals surface area contributed by atoms with Crippen LogP contribution in [0.3, 0.4) is 0 Å². The number of carbonyl (C=O) groups is 2. The fraction of sp³-hybridized carbons (Fsp3) is 0.529. The van der Waals surface area contributed by atoms with Crippen molar-refractivity contribution in [3.63, 3.8) is 0 Å². The molecule has 258 valence electrons. The number of hydrogen-bond acceptors (Lipinski definition) is 10. The first kappa shape index (κ1) is 36.0. The summed E-state index contributed by atoms with van der Waals surface area (Å²) in [7, 11) is 0. The molecule has 48 heavy (non-hydrogen) atoms. The molecule has 2 atom stereocenters. The van der Waals surface area contributed by atoms with E-state index in [4.69, 9.17) is 19.4 Å². The molecule has 0 saturated carbocycles. The van der Waals surface area contributed by atoms with E-state index in [1.165, 1.54) is 0 Å². The number of aromatic nitrogens is 8. The Labute approximate surface area is 281 Å². The lowest BCUT2D eigenvalue weighted by molar-refractivity contribution is 0.0448. The number of H-pyrrole nitrogens is 2. The maximum absolute atomic E-state index is 12.5. The number of carbonyl (C=O) groups excluding carboxylic acids is 2. The largest absolute Gasteiger partial charge is 0.444 e. The molecular formula is C34H48N10O4. The SMILES string of the molecule is CC(C)(C)OC(=O)N[C@H](c1nc(-c2cnc(-c3cnc(-c4c[nH]c([C@@H](NC(=O)OC(C)(C)C)C(C)(C)C)n4)cn3)cn2)c[nH]1)C(C)(C)C. The Hall–Kier alpha value is -4.88. The van der Waals surface area contributed by atoms with E-state index < -0.39 is 35.5 Å². The van der Waals surface area contributed by atoms with E-state index in [0.29, 0.717) is 45.8 Å². The van der Waals surface area contributed by atoms with Gasteiger partial charge in [0.25, 0.3) is 0 Å². The molecule has 14 nitrogen and oxygen atoms in total. The van der Waals surface area contributed by atoms with Crippen molar-refractivity contribution in [1.82, 2.24) is 50.5 Å². The number of nitrogens with zero attached hydrogens (tertiary/aromatic N) is 6. The summed E-state index contributed by atoms with van der Waals surface area (Å²) in [5, 5.41) is 5.87. The van der Waals surface area contributed by atoms with Crippen molar-refractivity contribution >= 4 is 12.2 Å². The molecule has 0 aliphatic heterocycles. The van der Waals surface area contributed by atoms with Gasteiger partial charge in [-0.05, 0) is 52.4 Å². The van der Waals surface area contributed by atoms with E-state index in [2.05, 4.69) is 40.5 Å². The van der Waals surface area contributed by atoms with Crippen molar-refractivity contribution < 1.29 is 19.1 Å². The van der Waals surface area contributed by atoms with Crippen molar-refractivity contribution in [2.24, 2.45) is 10.8 Å². The zero-order valence-electron chi connectivity index (χ0n) is 29.9. The first-order valence-corrected chi connectivity index (χ1v) is 15.8. The van der Waals surface area contributed by atoms with Gasteiger partial charge in [-0.2, -0.15) is 0 Å². The van der Waals surface area contributed by atoms with Gasteiger partial charge in [-0.15, -0.1) is 0 Å². The first-order valence-electron chi connectivity index (χ1n) is 15.8. The molecule has 0 aromatic carbocycles. The van der Waals surface area contributed by atoms with Crippen LogP contribution >= 0.6 is 0 Å². The highest BCUT2D eigenvalue weighted by molar-refractivity contribution is 5.69. The van der Waals surface area contributed by atoms with Crippen LogP contribution in [0, 0.1) is 10.8 Å². The van der Waals surface area contributed by atoms with E-state index in [9.17, 15) is 9.59 Å². The van der Waals surface area contributed by atoms with E-state index in [-0.39, 0.29) is 10.8 Å². The lowest BCUT2D eigenvalue weighted by atomic mass is 9.86. The number of imidazole rings is 2. The number of aromatic amines is 2. The van der Waals surface area contributed by atoms with Crippen LogP contribution in [0.5, 0.6) is 0 Å². The highest BCUT2D eigenvalue weighted by Gasteiger charge is 2.33. The molecule has 4 heterocycles. The minimum absolute atomic E-state index is 0.352. The lowest BCUT2D eigenvalue weighted by Crippen LogP contribution is -2.40. The van der Waals surface area contributed by atoms with Crippen molar-refractivity contribution in [3.8, 4) is 34.2 Å². The van der Waals surface area contributed by atoms with E-state index in [1.54, 1.807) is 37.2 Å². The Morgan fingerprint density at radius 1 is 0.542 bits per heavy atom. The number of ether oxygens (including phenoxy) is 2. The third-order valence-corrected chi connectivity index (χ3v) is 6.89. The van der Waals surface area contributed by atoms with Gasteiger partial charge in [-0.3, -0.25) is 19.9 Å². The molecule has 0 fully saturated rings. The maximum Gasteiger partial charge on any atom is 0.408 e. The lowest BCUT2D eigenvalue weighted by Gasteiger charge is -2.31. The molecule has 2 amide bonds. The van der Waals surface area contributed by atoms with Gasteiger partial charge >= 0.3 is 12.2 Å². The monoisotopic (exact) mass is 660 g/mol. The van der Waals surface area contributed by atoms with Gasteiger partial charge < -0.3 is 30.1 Å². The van der Waals surface area contributed by atoms with Crippen LogP contribution in [0.4, 0.5) is 9.59 Å². The van der Waals surface area contributed by atoms with Crippen LogP contribution < -0.4 is 10.6 Å². The van der Waals surface area contributed by atoms with Crippen LogP contribution in [0.15, 0.2) is 37.2 Å². The van der Waals surface area contributed by atoms with E-state index in [1.807, 2.05) is 83.1 Å². The van der Waals surface area contributed by atoms with Gasteiger partial charge in [0, 0.05) is 12.4 Å². The Morgan fingerprint density at radius 3 is 1.08 bits per heavy atom. The van der Waals surface area contributed by atoms with Crippen LogP contribution in [0.1, 0.15) is 107 Å². The number of alkyl carbamates (subject to hydrolysis) is 2. The fourth-order valence-corrected chi connectivity index (χ4v) is 4.66. The van der Waals surface area contributed by atoms with Gasteiger partial charge in [-0.25, -0.2) is 19.6 Å². The molecule has 0 aliphatic rings.